The van der Waals surface area contributed by atoms with Crippen molar-refractivity contribution in [2.24, 2.45) is 7.05 Å². The number of aromatic nitrogens is 6. The van der Waals surface area contributed by atoms with E-state index in [4.69, 9.17) is 14.0 Å². The van der Waals surface area contributed by atoms with E-state index in [9.17, 15) is 18.4 Å². The normalized spacial score (nSPS) is 11.2. The van der Waals surface area contributed by atoms with Gasteiger partial charge in [-0.3, -0.25) is 18.8 Å². The standard InChI is InChI=1S/C19H16F2N6O6/c1-26-17-11(6-23-26)18(29)27(9-22-17)7-15(28)31-8-14-24-16(25-33-14)10-3-4-12(32-19(20)21)13(5-10)30-2/h3-6,9,19H,7-8H2,1-2H3. The molecule has 0 saturated heterocycles. The number of ether oxygens (including phenoxy) is 3. The summed E-state index contributed by atoms with van der Waals surface area (Å²) >= 11 is 0. The van der Waals surface area contributed by atoms with Gasteiger partial charge in [0.2, 0.25) is 5.82 Å². The predicted octanol–water partition coefficient (Wildman–Crippen LogP) is 1.53. The number of benzene rings is 1. The van der Waals surface area contributed by atoms with E-state index in [0.717, 1.165) is 4.57 Å². The number of rotatable bonds is 8. The zero-order chi connectivity index (χ0) is 23.5. The summed E-state index contributed by atoms with van der Waals surface area (Å²) in [5, 5.41) is 8.00. The highest BCUT2D eigenvalue weighted by atomic mass is 19.3. The molecule has 3 heterocycles. The number of aryl methyl sites for hydroxylation is 1. The Morgan fingerprint density at radius 3 is 2.85 bits per heavy atom. The molecule has 0 N–H and O–H groups in total. The quantitative estimate of drug-likeness (QED) is 0.355. The second-order valence-electron chi connectivity index (χ2n) is 6.60. The molecule has 0 radical (unpaired) electrons. The number of carbonyl (C=O) groups excluding carboxylic acids is 1. The van der Waals surface area contributed by atoms with Crippen LogP contribution in [0.2, 0.25) is 0 Å². The Kier molecular flexibility index (Phi) is 5.97. The van der Waals surface area contributed by atoms with Crippen LogP contribution in [0.3, 0.4) is 0 Å². The molecule has 0 saturated carbocycles. The molecular weight excluding hydrogens is 446 g/mol. The Balaban J connectivity index is 1.40. The van der Waals surface area contributed by atoms with Gasteiger partial charge >= 0.3 is 12.6 Å². The second-order valence-corrected chi connectivity index (χ2v) is 6.60. The van der Waals surface area contributed by atoms with Crippen molar-refractivity contribution in [3.63, 3.8) is 0 Å². The molecule has 0 aliphatic heterocycles. The lowest BCUT2D eigenvalue weighted by Gasteiger charge is -2.10. The van der Waals surface area contributed by atoms with Crippen LogP contribution in [-0.2, 0) is 29.7 Å². The minimum Gasteiger partial charge on any atom is -0.493 e. The van der Waals surface area contributed by atoms with Crippen molar-refractivity contribution in [1.29, 1.82) is 0 Å². The first-order chi connectivity index (χ1) is 15.9. The molecular formula is C19H16F2N6O6. The SMILES string of the molecule is COc1cc(-c2noc(COC(=O)Cn3cnc4c(cnn4C)c3=O)n2)ccc1OC(F)F. The smallest absolute Gasteiger partial charge is 0.387 e. The van der Waals surface area contributed by atoms with Gasteiger partial charge in [0.05, 0.1) is 13.3 Å². The molecule has 0 fully saturated rings. The van der Waals surface area contributed by atoms with Gasteiger partial charge in [-0.05, 0) is 18.2 Å². The summed E-state index contributed by atoms with van der Waals surface area (Å²) in [6.45, 7) is -3.72. The van der Waals surface area contributed by atoms with Crippen LogP contribution in [0.1, 0.15) is 5.89 Å². The van der Waals surface area contributed by atoms with Crippen LogP contribution in [0, 0.1) is 0 Å². The summed E-state index contributed by atoms with van der Waals surface area (Å²) in [5.74, 6) is -0.723. The fourth-order valence-electron chi connectivity index (χ4n) is 2.94. The van der Waals surface area contributed by atoms with Gasteiger partial charge in [-0.2, -0.15) is 18.9 Å². The van der Waals surface area contributed by atoms with Crippen molar-refractivity contribution < 1.29 is 32.3 Å². The Hall–Kier alpha value is -4.36. The summed E-state index contributed by atoms with van der Waals surface area (Å²) in [6, 6.07) is 4.11. The fraction of sp³-hybridized carbons (Fsp3) is 0.263. The number of halogens is 2. The maximum Gasteiger partial charge on any atom is 0.387 e. The first-order valence-electron chi connectivity index (χ1n) is 9.34. The molecule has 14 heteroatoms. The molecule has 172 valence electrons. The topological polar surface area (TPSA) is 136 Å². The van der Waals surface area contributed by atoms with Gasteiger partial charge in [0.1, 0.15) is 18.3 Å². The summed E-state index contributed by atoms with van der Waals surface area (Å²) in [6.07, 6.45) is 2.60. The van der Waals surface area contributed by atoms with Crippen LogP contribution in [0.25, 0.3) is 22.4 Å². The molecule has 0 atom stereocenters. The number of alkyl halides is 2. The van der Waals surface area contributed by atoms with E-state index in [1.165, 1.54) is 42.5 Å². The largest absolute Gasteiger partial charge is 0.493 e. The van der Waals surface area contributed by atoms with Crippen molar-refractivity contribution in [3.05, 3.63) is 47.0 Å². The van der Waals surface area contributed by atoms with Gasteiger partial charge in [0, 0.05) is 12.6 Å². The minimum absolute atomic E-state index is 0.0154. The number of hydrogen-bond acceptors (Lipinski definition) is 10. The van der Waals surface area contributed by atoms with E-state index in [-0.39, 0.29) is 41.8 Å². The highest BCUT2D eigenvalue weighted by molar-refractivity contribution is 5.74. The van der Waals surface area contributed by atoms with E-state index in [1.54, 1.807) is 7.05 Å². The number of hydrogen-bond donors (Lipinski definition) is 0. The van der Waals surface area contributed by atoms with Gasteiger partial charge in [0.25, 0.3) is 11.4 Å². The van der Waals surface area contributed by atoms with Gasteiger partial charge < -0.3 is 18.7 Å². The minimum atomic E-state index is -3.01. The molecule has 1 aromatic carbocycles. The van der Waals surface area contributed by atoms with Crippen molar-refractivity contribution in [2.45, 2.75) is 19.8 Å². The molecule has 0 aliphatic carbocycles. The van der Waals surface area contributed by atoms with Crippen LogP contribution in [0.4, 0.5) is 8.78 Å². The average Bonchev–Trinajstić information content (AvgIpc) is 3.41. The third kappa shape index (κ3) is 4.63. The molecule has 12 nitrogen and oxygen atoms in total. The maximum atomic E-state index is 12.5. The number of methoxy groups -OCH3 is 1. The van der Waals surface area contributed by atoms with Crippen molar-refractivity contribution in [3.8, 4) is 22.9 Å². The molecule has 4 rings (SSSR count). The Labute approximate surface area is 183 Å². The first kappa shape index (κ1) is 21.9. The summed E-state index contributed by atoms with van der Waals surface area (Å²) in [7, 11) is 2.94. The maximum absolute atomic E-state index is 12.5. The van der Waals surface area contributed by atoms with Gasteiger partial charge in [0.15, 0.2) is 23.8 Å². The lowest BCUT2D eigenvalue weighted by atomic mass is 10.2. The van der Waals surface area contributed by atoms with E-state index in [2.05, 4.69) is 25.0 Å². The van der Waals surface area contributed by atoms with Gasteiger partial charge in [-0.15, -0.1) is 0 Å². The second kappa shape index (κ2) is 9.02. The summed E-state index contributed by atoms with van der Waals surface area (Å²) < 4.78 is 47.0. The monoisotopic (exact) mass is 462 g/mol. The van der Waals surface area contributed by atoms with Crippen molar-refractivity contribution >= 4 is 17.0 Å². The number of nitrogens with zero attached hydrogens (tertiary/aromatic N) is 6. The molecule has 0 amide bonds. The van der Waals surface area contributed by atoms with Crippen LogP contribution >= 0.6 is 0 Å². The molecule has 0 unspecified atom stereocenters. The molecule has 0 bridgehead atoms. The van der Waals surface area contributed by atoms with Crippen molar-refractivity contribution in [1.82, 2.24) is 29.5 Å². The first-order valence-corrected chi connectivity index (χ1v) is 9.34. The van der Waals surface area contributed by atoms with E-state index >= 15 is 0 Å². The van der Waals surface area contributed by atoms with E-state index in [0.29, 0.717) is 11.2 Å². The Bertz CT molecular complexity index is 1360. The third-order valence-corrected chi connectivity index (χ3v) is 4.48. The third-order valence-electron chi connectivity index (χ3n) is 4.48. The van der Waals surface area contributed by atoms with Crippen LogP contribution < -0.4 is 15.0 Å². The average molecular weight is 462 g/mol. The fourth-order valence-corrected chi connectivity index (χ4v) is 2.94. The van der Waals surface area contributed by atoms with Crippen molar-refractivity contribution in [2.75, 3.05) is 7.11 Å². The Morgan fingerprint density at radius 2 is 2.09 bits per heavy atom. The number of fused-ring (bicyclic) bond motifs is 1. The van der Waals surface area contributed by atoms with E-state index < -0.39 is 18.1 Å². The molecule has 33 heavy (non-hydrogen) atoms. The summed E-state index contributed by atoms with van der Waals surface area (Å²) in [5.41, 5.74) is 0.365. The Morgan fingerprint density at radius 1 is 1.27 bits per heavy atom. The summed E-state index contributed by atoms with van der Waals surface area (Å²) in [4.78, 5) is 32.8. The lowest BCUT2D eigenvalue weighted by Crippen LogP contribution is -2.25. The molecule has 0 spiro atoms. The number of carbonyl (C=O) groups is 1. The highest BCUT2D eigenvalue weighted by Crippen LogP contribution is 2.32. The zero-order valence-electron chi connectivity index (χ0n) is 17.3. The van der Waals surface area contributed by atoms with Crippen LogP contribution in [0.15, 0.2) is 40.0 Å². The predicted molar refractivity (Wildman–Crippen MR) is 105 cm³/mol. The van der Waals surface area contributed by atoms with Crippen LogP contribution in [-0.4, -0.2) is 49.2 Å². The highest BCUT2D eigenvalue weighted by Gasteiger charge is 2.16. The molecule has 4 aromatic rings. The lowest BCUT2D eigenvalue weighted by molar-refractivity contribution is -0.146. The molecule has 0 aliphatic rings. The van der Waals surface area contributed by atoms with Crippen LogP contribution in [0.5, 0.6) is 11.5 Å². The van der Waals surface area contributed by atoms with Gasteiger partial charge in [-0.25, -0.2) is 4.98 Å². The number of esters is 1. The van der Waals surface area contributed by atoms with E-state index in [1.807, 2.05) is 0 Å². The van der Waals surface area contributed by atoms with Gasteiger partial charge in [-0.1, -0.05) is 5.16 Å². The zero-order valence-corrected chi connectivity index (χ0v) is 17.3. The molecule has 3 aromatic heterocycles.